The Morgan fingerprint density at radius 1 is 1.13 bits per heavy atom. The number of piperazine rings is 1. The number of aromatic nitrogens is 5. The number of ether oxygens (including phenoxy) is 1. The number of fused-ring (bicyclic) bond motifs is 1. The molecule has 38 heavy (non-hydrogen) atoms. The summed E-state index contributed by atoms with van der Waals surface area (Å²) in [5.41, 5.74) is 6.57. The molecule has 0 spiro atoms. The van der Waals surface area contributed by atoms with Crippen LogP contribution in [0.1, 0.15) is 0 Å². The number of anilines is 3. The molecule has 0 amide bonds. The van der Waals surface area contributed by atoms with Gasteiger partial charge < -0.3 is 30.4 Å². The van der Waals surface area contributed by atoms with Crippen molar-refractivity contribution in [1.29, 1.82) is 0 Å². The lowest BCUT2D eigenvalue weighted by molar-refractivity contribution is 0.139. The molecule has 5 heterocycles. The minimum Gasteiger partial charge on any atom is -0.486 e. The van der Waals surface area contributed by atoms with Gasteiger partial charge >= 0.3 is 0 Å². The molecule has 2 aliphatic rings. The van der Waals surface area contributed by atoms with Crippen LogP contribution in [0.15, 0.2) is 41.0 Å². The van der Waals surface area contributed by atoms with Crippen LogP contribution in [0.3, 0.4) is 0 Å². The van der Waals surface area contributed by atoms with Gasteiger partial charge in [0.05, 0.1) is 12.0 Å². The maximum Gasteiger partial charge on any atom is 0.259 e. The Bertz CT molecular complexity index is 1390. The minimum absolute atomic E-state index is 0.166. The average Bonchev–Trinajstić information content (AvgIpc) is 3.67. The first-order valence-electron chi connectivity index (χ1n) is 12.5. The normalized spacial score (nSPS) is 20.3. The smallest absolute Gasteiger partial charge is 0.259 e. The number of halogens is 2. The molecule has 1 aromatic carbocycles. The van der Waals surface area contributed by atoms with Crippen molar-refractivity contribution in [3.63, 3.8) is 0 Å². The zero-order valence-electron chi connectivity index (χ0n) is 20.6. The second-order valence-corrected chi connectivity index (χ2v) is 9.23. The van der Waals surface area contributed by atoms with Gasteiger partial charge in [-0.05, 0) is 24.3 Å². The summed E-state index contributed by atoms with van der Waals surface area (Å²) in [4.78, 5) is 17.3. The summed E-state index contributed by atoms with van der Waals surface area (Å²) in [6, 6.07) is 8.26. The predicted octanol–water partition coefficient (Wildman–Crippen LogP) is 1.42. The van der Waals surface area contributed by atoms with E-state index in [1.54, 1.807) is 30.5 Å². The Morgan fingerprint density at radius 2 is 2.00 bits per heavy atom. The largest absolute Gasteiger partial charge is 0.486 e. The van der Waals surface area contributed by atoms with E-state index in [0.717, 1.165) is 19.6 Å². The van der Waals surface area contributed by atoms with Crippen LogP contribution < -0.4 is 26.0 Å². The number of nitrogen functional groups attached to an aromatic ring is 1. The molecule has 6 rings (SSSR count). The zero-order chi connectivity index (χ0) is 26.1. The molecule has 200 valence electrons. The first-order chi connectivity index (χ1) is 18.5. The molecule has 4 aromatic rings. The Morgan fingerprint density at radius 3 is 2.74 bits per heavy atom. The molecule has 4 N–H and O–H groups in total. The Labute approximate surface area is 216 Å². The van der Waals surface area contributed by atoms with Gasteiger partial charge in [0, 0.05) is 58.4 Å². The SMILES string of the molecule is Nc1nc(NCCN2CCN(c3ccc(O[C@@H]4CNC[C@@H]4F)cc3F)CC2)nc2nc(-c3ccco3)nn12. The van der Waals surface area contributed by atoms with Gasteiger partial charge in [0.2, 0.25) is 17.7 Å². The van der Waals surface area contributed by atoms with E-state index in [1.165, 1.54) is 10.6 Å². The molecule has 0 radical (unpaired) electrons. The van der Waals surface area contributed by atoms with Crippen LogP contribution in [0.25, 0.3) is 17.4 Å². The van der Waals surface area contributed by atoms with E-state index in [2.05, 4.69) is 35.6 Å². The van der Waals surface area contributed by atoms with Gasteiger partial charge in [0.1, 0.15) is 17.7 Å². The molecule has 0 unspecified atom stereocenters. The summed E-state index contributed by atoms with van der Waals surface area (Å²) in [5.74, 6) is 1.73. The van der Waals surface area contributed by atoms with Crippen molar-refractivity contribution >= 4 is 23.4 Å². The van der Waals surface area contributed by atoms with E-state index in [-0.39, 0.29) is 18.3 Å². The molecule has 2 saturated heterocycles. The highest BCUT2D eigenvalue weighted by molar-refractivity contribution is 5.53. The second kappa shape index (κ2) is 10.4. The number of nitrogens with one attached hydrogen (secondary N) is 2. The number of benzene rings is 1. The van der Waals surface area contributed by atoms with E-state index in [1.807, 2.05) is 4.90 Å². The first-order valence-corrected chi connectivity index (χ1v) is 12.5. The second-order valence-electron chi connectivity index (χ2n) is 9.23. The lowest BCUT2D eigenvalue weighted by atomic mass is 10.2. The van der Waals surface area contributed by atoms with Gasteiger partial charge in [-0.1, -0.05) is 0 Å². The zero-order valence-corrected chi connectivity index (χ0v) is 20.6. The van der Waals surface area contributed by atoms with Crippen molar-refractivity contribution in [3.05, 3.63) is 42.4 Å². The number of hydrogen-bond acceptors (Lipinski definition) is 11. The van der Waals surface area contributed by atoms with Crippen molar-refractivity contribution in [2.45, 2.75) is 12.3 Å². The maximum atomic E-state index is 14.8. The van der Waals surface area contributed by atoms with Crippen LogP contribution in [0.5, 0.6) is 5.75 Å². The van der Waals surface area contributed by atoms with Gasteiger partial charge in [-0.3, -0.25) is 4.90 Å². The van der Waals surface area contributed by atoms with Gasteiger partial charge in [-0.2, -0.15) is 19.5 Å². The van der Waals surface area contributed by atoms with Crippen molar-refractivity contribution in [2.75, 3.05) is 68.3 Å². The molecule has 2 fully saturated rings. The summed E-state index contributed by atoms with van der Waals surface area (Å²) < 4.78 is 40.9. The average molecular weight is 527 g/mol. The van der Waals surface area contributed by atoms with Gasteiger partial charge in [0.25, 0.3) is 5.78 Å². The predicted molar refractivity (Wildman–Crippen MR) is 136 cm³/mol. The van der Waals surface area contributed by atoms with Gasteiger partial charge in [-0.15, -0.1) is 5.10 Å². The third kappa shape index (κ3) is 5.04. The molecular weight excluding hydrogens is 498 g/mol. The number of nitrogens with zero attached hydrogens (tertiary/aromatic N) is 7. The van der Waals surface area contributed by atoms with Gasteiger partial charge in [-0.25, -0.2) is 8.78 Å². The third-order valence-corrected chi connectivity index (χ3v) is 6.69. The Hall–Kier alpha value is -4.04. The van der Waals surface area contributed by atoms with E-state index in [4.69, 9.17) is 14.9 Å². The Balaban J connectivity index is 0.998. The summed E-state index contributed by atoms with van der Waals surface area (Å²) in [6.07, 6.45) is -0.130. The fourth-order valence-corrected chi connectivity index (χ4v) is 4.66. The van der Waals surface area contributed by atoms with E-state index in [9.17, 15) is 8.78 Å². The molecule has 0 saturated carbocycles. The van der Waals surface area contributed by atoms with Gasteiger partial charge in [0.15, 0.2) is 11.9 Å². The number of alkyl halides is 1. The first kappa shape index (κ1) is 24.3. The standard InChI is InChI=1S/C24H28F2N10O2/c25-16-12-15(38-20-14-28-13-17(20)26)3-4-18(16)35-9-7-34(8-10-35)6-5-29-23-31-22(27)36-24(32-23)30-21(33-36)19-2-1-11-37-19/h1-4,11-12,17,20,28H,5-10,13-14H2,(H3,27,29,30,31,32,33)/t17-,20+/m0/s1. The maximum absolute atomic E-state index is 14.8. The quantitative estimate of drug-likeness (QED) is 0.308. The van der Waals surface area contributed by atoms with Crippen LogP contribution in [-0.4, -0.2) is 94.1 Å². The number of rotatable bonds is 8. The number of furan rings is 1. The number of hydrogen-bond donors (Lipinski definition) is 3. The minimum atomic E-state index is -1.09. The highest BCUT2D eigenvalue weighted by Crippen LogP contribution is 2.27. The highest BCUT2D eigenvalue weighted by Gasteiger charge is 2.29. The molecule has 2 atom stereocenters. The van der Waals surface area contributed by atoms with E-state index in [0.29, 0.717) is 60.9 Å². The van der Waals surface area contributed by atoms with Crippen LogP contribution in [-0.2, 0) is 0 Å². The highest BCUT2D eigenvalue weighted by atomic mass is 19.1. The summed E-state index contributed by atoms with van der Waals surface area (Å²) in [7, 11) is 0. The van der Waals surface area contributed by atoms with Crippen LogP contribution in [0.2, 0.25) is 0 Å². The van der Waals surface area contributed by atoms with Crippen molar-refractivity contribution < 1.29 is 17.9 Å². The topological polar surface area (TPSA) is 135 Å². The fourth-order valence-electron chi connectivity index (χ4n) is 4.66. The summed E-state index contributed by atoms with van der Waals surface area (Å²) >= 11 is 0. The lowest BCUT2D eigenvalue weighted by Gasteiger charge is -2.36. The molecule has 3 aromatic heterocycles. The van der Waals surface area contributed by atoms with Crippen molar-refractivity contribution in [2.24, 2.45) is 0 Å². The van der Waals surface area contributed by atoms with Crippen LogP contribution in [0.4, 0.5) is 26.4 Å². The molecule has 0 bridgehead atoms. The summed E-state index contributed by atoms with van der Waals surface area (Å²) in [6.45, 7) is 4.94. The van der Waals surface area contributed by atoms with Crippen molar-refractivity contribution in [3.8, 4) is 17.3 Å². The van der Waals surface area contributed by atoms with E-state index < -0.39 is 12.3 Å². The monoisotopic (exact) mass is 526 g/mol. The fraction of sp³-hybridized carbons (Fsp3) is 0.417. The molecule has 14 heteroatoms. The summed E-state index contributed by atoms with van der Waals surface area (Å²) in [5, 5.41) is 10.4. The molecule has 12 nitrogen and oxygen atoms in total. The third-order valence-electron chi connectivity index (χ3n) is 6.69. The molecule has 0 aliphatic carbocycles. The molecular formula is C24H28F2N10O2. The van der Waals surface area contributed by atoms with Crippen LogP contribution in [0, 0.1) is 5.82 Å². The molecule has 2 aliphatic heterocycles. The van der Waals surface area contributed by atoms with E-state index >= 15 is 0 Å². The Kier molecular flexibility index (Phi) is 6.64. The van der Waals surface area contributed by atoms with Crippen molar-refractivity contribution in [1.82, 2.24) is 34.8 Å². The van der Waals surface area contributed by atoms with Crippen LogP contribution >= 0.6 is 0 Å². The lowest BCUT2D eigenvalue weighted by Crippen LogP contribution is -2.48. The number of nitrogens with two attached hydrogens (primary N) is 1.